The van der Waals surface area contributed by atoms with E-state index in [1.807, 2.05) is 38.4 Å². The summed E-state index contributed by atoms with van der Waals surface area (Å²) in [6.07, 6.45) is 2.46. The monoisotopic (exact) mass is 494 g/mol. The number of halogens is 2. The number of carbonyl (C=O) groups is 1. The maximum atomic E-state index is 14.1. The highest BCUT2D eigenvalue weighted by Gasteiger charge is 2.16. The number of rotatable bonds is 7. The Balaban J connectivity index is 0.00000342. The molecule has 0 saturated carbocycles. The molecule has 6 nitrogen and oxygen atoms in total. The molecule has 0 aliphatic heterocycles. The number of likely N-dealkylation sites (N-methyl/N-ethyl adjacent to an activating group) is 1. The SMILES string of the molecule is C.CC(=O)c1cnc2ccc(-c3cc(F)c(O)c(Cl)c3)nc2c1Nc1ccc(CCN(C)C)cc1. The molecule has 0 spiro atoms. The number of aromatic hydroxyl groups is 1. The molecule has 0 amide bonds. The number of Topliss-reactive ketones (excluding diaryl/α,β-unsaturated/α-hetero) is 1. The molecule has 2 heterocycles. The van der Waals surface area contributed by atoms with Gasteiger partial charge in [0.05, 0.1) is 27.5 Å². The fraction of sp³-hybridized carbons (Fsp3) is 0.222. The van der Waals surface area contributed by atoms with Crippen LogP contribution >= 0.6 is 11.6 Å². The van der Waals surface area contributed by atoms with Gasteiger partial charge in [0.2, 0.25) is 0 Å². The highest BCUT2D eigenvalue weighted by Crippen LogP contribution is 2.34. The maximum Gasteiger partial charge on any atom is 0.170 e. The van der Waals surface area contributed by atoms with Crippen LogP contribution in [0, 0.1) is 5.82 Å². The normalized spacial score (nSPS) is 10.9. The quantitative estimate of drug-likeness (QED) is 0.286. The summed E-state index contributed by atoms with van der Waals surface area (Å²) in [5.74, 6) is -1.61. The Morgan fingerprint density at radius 1 is 1.14 bits per heavy atom. The fourth-order valence-electron chi connectivity index (χ4n) is 3.59. The van der Waals surface area contributed by atoms with Crippen LogP contribution < -0.4 is 5.32 Å². The number of aromatic nitrogens is 2. The standard InChI is InChI=1S/C26H24ClFN4O2.CH4/c1-15(33)19-14-29-23-9-8-22(17-12-20(27)26(34)21(28)13-17)31-25(23)24(19)30-18-6-4-16(5-7-18)10-11-32(2)3;/h4-9,12-14,34H,10-11H2,1-3H3,(H,29,30);1H4. The molecule has 4 rings (SSSR count). The van der Waals surface area contributed by atoms with E-state index in [1.165, 1.54) is 24.8 Å². The zero-order valence-corrected chi connectivity index (χ0v) is 19.8. The third kappa shape index (κ3) is 5.75. The molecule has 0 radical (unpaired) electrons. The minimum atomic E-state index is -0.840. The van der Waals surface area contributed by atoms with Gasteiger partial charge in [-0.1, -0.05) is 31.2 Å². The van der Waals surface area contributed by atoms with Crippen LogP contribution in [0.5, 0.6) is 5.75 Å². The first kappa shape index (κ1) is 26.1. The van der Waals surface area contributed by atoms with Gasteiger partial charge in [-0.3, -0.25) is 9.78 Å². The molecule has 0 fully saturated rings. The van der Waals surface area contributed by atoms with Crippen LogP contribution in [0.3, 0.4) is 0 Å². The lowest BCUT2D eigenvalue weighted by Crippen LogP contribution is -2.14. The minimum Gasteiger partial charge on any atom is -0.504 e. The third-order valence-corrected chi connectivity index (χ3v) is 5.76. The predicted molar refractivity (Wildman–Crippen MR) is 140 cm³/mol. The van der Waals surface area contributed by atoms with Gasteiger partial charge in [-0.25, -0.2) is 9.37 Å². The van der Waals surface area contributed by atoms with Gasteiger partial charge in [-0.2, -0.15) is 0 Å². The Morgan fingerprint density at radius 3 is 2.49 bits per heavy atom. The van der Waals surface area contributed by atoms with Gasteiger partial charge >= 0.3 is 0 Å². The highest BCUT2D eigenvalue weighted by atomic mass is 35.5. The number of pyridine rings is 2. The van der Waals surface area contributed by atoms with Gasteiger partial charge in [0.25, 0.3) is 0 Å². The summed E-state index contributed by atoms with van der Waals surface area (Å²) in [5, 5.41) is 12.9. The summed E-state index contributed by atoms with van der Waals surface area (Å²) in [6.45, 7) is 2.42. The molecule has 182 valence electrons. The number of hydrogen-bond acceptors (Lipinski definition) is 6. The average molecular weight is 495 g/mol. The number of anilines is 2. The molecule has 2 aromatic heterocycles. The molecular formula is C27H28ClFN4O2. The van der Waals surface area contributed by atoms with Gasteiger partial charge in [-0.15, -0.1) is 0 Å². The number of nitrogens with zero attached hydrogens (tertiary/aromatic N) is 3. The van der Waals surface area contributed by atoms with Crippen molar-refractivity contribution in [2.75, 3.05) is 26.0 Å². The van der Waals surface area contributed by atoms with Crippen molar-refractivity contribution in [1.82, 2.24) is 14.9 Å². The van der Waals surface area contributed by atoms with Gasteiger partial charge < -0.3 is 15.3 Å². The molecule has 0 unspecified atom stereocenters. The van der Waals surface area contributed by atoms with Gasteiger partial charge in [0.1, 0.15) is 5.52 Å². The first-order valence-electron chi connectivity index (χ1n) is 10.7. The van der Waals surface area contributed by atoms with Crippen molar-refractivity contribution in [2.24, 2.45) is 0 Å². The number of carbonyl (C=O) groups excluding carboxylic acids is 1. The smallest absolute Gasteiger partial charge is 0.170 e. The lowest BCUT2D eigenvalue weighted by Gasteiger charge is -2.15. The number of ketones is 1. The van der Waals surface area contributed by atoms with Gasteiger partial charge in [0.15, 0.2) is 17.3 Å². The van der Waals surface area contributed by atoms with E-state index < -0.39 is 11.6 Å². The van der Waals surface area contributed by atoms with Gasteiger partial charge in [0, 0.05) is 24.0 Å². The van der Waals surface area contributed by atoms with Crippen LogP contribution in [0.2, 0.25) is 5.02 Å². The largest absolute Gasteiger partial charge is 0.504 e. The van der Waals surface area contributed by atoms with Crippen molar-refractivity contribution in [3.05, 3.63) is 76.7 Å². The molecule has 0 atom stereocenters. The van der Waals surface area contributed by atoms with E-state index in [2.05, 4.69) is 20.2 Å². The summed E-state index contributed by atoms with van der Waals surface area (Å²) >= 11 is 5.96. The molecule has 8 heteroatoms. The molecule has 0 bridgehead atoms. The fourth-order valence-corrected chi connectivity index (χ4v) is 3.79. The molecule has 2 N–H and O–H groups in total. The molecular weight excluding hydrogens is 467 g/mol. The Kier molecular flexibility index (Phi) is 8.04. The molecule has 4 aromatic rings. The second-order valence-corrected chi connectivity index (χ2v) is 8.74. The molecule has 2 aromatic carbocycles. The summed E-state index contributed by atoms with van der Waals surface area (Å²) in [5.41, 5.74) is 4.78. The van der Waals surface area contributed by atoms with Crippen molar-refractivity contribution in [2.45, 2.75) is 20.8 Å². The highest BCUT2D eigenvalue weighted by molar-refractivity contribution is 6.32. The number of nitrogens with one attached hydrogen (secondary N) is 1. The topological polar surface area (TPSA) is 78.3 Å². The van der Waals surface area contributed by atoms with Crippen molar-refractivity contribution in [3.8, 4) is 17.0 Å². The molecule has 0 aliphatic rings. The van der Waals surface area contributed by atoms with E-state index >= 15 is 0 Å². The summed E-state index contributed by atoms with van der Waals surface area (Å²) in [6, 6.07) is 14.0. The Hall–Kier alpha value is -3.55. The zero-order valence-electron chi connectivity index (χ0n) is 19.1. The molecule has 0 saturated heterocycles. The lowest BCUT2D eigenvalue weighted by atomic mass is 10.1. The van der Waals surface area contributed by atoms with Crippen LogP contribution in [0.15, 0.2) is 54.7 Å². The Bertz CT molecular complexity index is 1350. The maximum absolute atomic E-state index is 14.1. The average Bonchev–Trinajstić information content (AvgIpc) is 2.81. The van der Waals surface area contributed by atoms with E-state index in [0.29, 0.717) is 33.5 Å². The van der Waals surface area contributed by atoms with Crippen LogP contribution in [0.1, 0.15) is 30.3 Å². The predicted octanol–water partition coefficient (Wildman–Crippen LogP) is 6.48. The van der Waals surface area contributed by atoms with Crippen LogP contribution in [-0.4, -0.2) is 46.4 Å². The number of phenols is 1. The summed E-state index contributed by atoms with van der Waals surface area (Å²) < 4.78 is 14.1. The number of benzene rings is 2. The second kappa shape index (κ2) is 10.8. The zero-order chi connectivity index (χ0) is 24.4. The number of hydrogen-bond donors (Lipinski definition) is 2. The first-order chi connectivity index (χ1) is 16.2. The van der Waals surface area contributed by atoms with E-state index in [9.17, 15) is 14.3 Å². The van der Waals surface area contributed by atoms with E-state index in [0.717, 1.165) is 24.7 Å². The second-order valence-electron chi connectivity index (χ2n) is 8.33. The summed E-state index contributed by atoms with van der Waals surface area (Å²) in [7, 11) is 4.07. The summed E-state index contributed by atoms with van der Waals surface area (Å²) in [4.78, 5) is 23.6. The van der Waals surface area contributed by atoms with Crippen LogP contribution in [0.25, 0.3) is 22.3 Å². The van der Waals surface area contributed by atoms with Crippen LogP contribution in [-0.2, 0) is 6.42 Å². The Labute approximate surface area is 209 Å². The first-order valence-corrected chi connectivity index (χ1v) is 11.1. The minimum absolute atomic E-state index is 0. The molecule has 35 heavy (non-hydrogen) atoms. The van der Waals surface area contributed by atoms with Crippen molar-refractivity contribution >= 4 is 39.8 Å². The van der Waals surface area contributed by atoms with Gasteiger partial charge in [-0.05, 0) is 69.4 Å². The van der Waals surface area contributed by atoms with Crippen molar-refractivity contribution in [3.63, 3.8) is 0 Å². The molecule has 0 aliphatic carbocycles. The third-order valence-electron chi connectivity index (χ3n) is 5.48. The number of phenolic OH excluding ortho intramolecular Hbond substituents is 1. The number of fused-ring (bicyclic) bond motifs is 1. The van der Waals surface area contributed by atoms with Crippen molar-refractivity contribution < 1.29 is 14.3 Å². The van der Waals surface area contributed by atoms with Crippen molar-refractivity contribution in [1.29, 1.82) is 0 Å². The Morgan fingerprint density at radius 2 is 1.86 bits per heavy atom. The van der Waals surface area contributed by atoms with E-state index in [-0.39, 0.29) is 18.2 Å². The van der Waals surface area contributed by atoms with E-state index in [1.54, 1.807) is 12.1 Å². The van der Waals surface area contributed by atoms with Crippen LogP contribution in [0.4, 0.5) is 15.8 Å². The lowest BCUT2D eigenvalue weighted by molar-refractivity contribution is 0.101. The van der Waals surface area contributed by atoms with E-state index in [4.69, 9.17) is 11.6 Å².